The summed E-state index contributed by atoms with van der Waals surface area (Å²) in [5.41, 5.74) is 4.95. The van der Waals surface area contributed by atoms with Crippen molar-refractivity contribution in [2.45, 2.75) is 98.1 Å². The molecule has 0 spiro atoms. The lowest BCUT2D eigenvalue weighted by Gasteiger charge is -2.28. The highest BCUT2D eigenvalue weighted by atomic mass is 16.6. The second-order valence-electron chi connectivity index (χ2n) is 9.50. The number of carboxylic acid groups (broad SMARTS) is 1. The first kappa shape index (κ1) is 31.1. The molecule has 3 unspecified atom stereocenters. The van der Waals surface area contributed by atoms with Crippen LogP contribution in [0.1, 0.15) is 85.6 Å². The standard InChI is InChI=1S/C27H41NO8/c1-7-10-17(4)24(30)35-21-13-12-20(14-22(21)36-25(31)18(5)11-8-2)16-27(28,26(32)33)15-19(6)34-23(29)9-3/h12-14,17-19H,7-11,15-16,28H2,1-6H3,(H,32,33)/t17?,18?,19-,27?/m0/s1. The van der Waals surface area contributed by atoms with Gasteiger partial charge >= 0.3 is 23.9 Å². The molecule has 4 atom stereocenters. The van der Waals surface area contributed by atoms with Gasteiger partial charge < -0.3 is 25.1 Å². The summed E-state index contributed by atoms with van der Waals surface area (Å²) in [6.45, 7) is 10.7. The Morgan fingerprint density at radius 3 is 1.92 bits per heavy atom. The van der Waals surface area contributed by atoms with Gasteiger partial charge in [-0.25, -0.2) is 0 Å². The molecular weight excluding hydrogens is 466 g/mol. The molecule has 1 rings (SSSR count). The number of carbonyl (C=O) groups excluding carboxylic acids is 3. The zero-order chi connectivity index (χ0) is 27.5. The van der Waals surface area contributed by atoms with E-state index >= 15 is 0 Å². The van der Waals surface area contributed by atoms with Crippen LogP contribution in [0.5, 0.6) is 11.5 Å². The quantitative estimate of drug-likeness (QED) is 0.260. The Morgan fingerprint density at radius 1 is 0.917 bits per heavy atom. The molecule has 3 N–H and O–H groups in total. The molecule has 0 radical (unpaired) electrons. The maximum atomic E-state index is 12.6. The molecular formula is C27H41NO8. The summed E-state index contributed by atoms with van der Waals surface area (Å²) in [5, 5.41) is 9.85. The number of aliphatic carboxylic acids is 1. The first-order valence-electron chi connectivity index (χ1n) is 12.6. The summed E-state index contributed by atoms with van der Waals surface area (Å²) in [4.78, 5) is 48.8. The van der Waals surface area contributed by atoms with Gasteiger partial charge in [0, 0.05) is 19.3 Å². The van der Waals surface area contributed by atoms with Gasteiger partial charge in [0.15, 0.2) is 11.5 Å². The molecule has 36 heavy (non-hydrogen) atoms. The smallest absolute Gasteiger partial charge is 0.324 e. The maximum absolute atomic E-state index is 12.6. The van der Waals surface area contributed by atoms with E-state index < -0.39 is 35.5 Å². The van der Waals surface area contributed by atoms with Crippen LogP contribution in [0, 0.1) is 11.8 Å². The summed E-state index contributed by atoms with van der Waals surface area (Å²) >= 11 is 0. The lowest BCUT2D eigenvalue weighted by atomic mass is 9.86. The van der Waals surface area contributed by atoms with Gasteiger partial charge in [0.25, 0.3) is 0 Å². The third-order valence-electron chi connectivity index (χ3n) is 5.90. The zero-order valence-corrected chi connectivity index (χ0v) is 22.3. The van der Waals surface area contributed by atoms with E-state index in [2.05, 4.69) is 0 Å². The Balaban J connectivity index is 3.27. The van der Waals surface area contributed by atoms with Crippen LogP contribution in [0.3, 0.4) is 0 Å². The molecule has 0 aromatic heterocycles. The molecule has 0 amide bonds. The highest BCUT2D eigenvalue weighted by molar-refractivity contribution is 5.80. The zero-order valence-electron chi connectivity index (χ0n) is 22.3. The normalized spacial score (nSPS) is 15.2. The summed E-state index contributed by atoms with van der Waals surface area (Å²) in [7, 11) is 0. The summed E-state index contributed by atoms with van der Waals surface area (Å²) < 4.78 is 16.3. The molecule has 9 heteroatoms. The third kappa shape index (κ3) is 9.60. The van der Waals surface area contributed by atoms with E-state index in [1.807, 2.05) is 13.8 Å². The van der Waals surface area contributed by atoms with E-state index in [-0.39, 0.29) is 42.6 Å². The minimum atomic E-state index is -1.75. The minimum absolute atomic E-state index is 0.0238. The second kappa shape index (κ2) is 14.6. The van der Waals surface area contributed by atoms with Crippen molar-refractivity contribution in [3.05, 3.63) is 23.8 Å². The van der Waals surface area contributed by atoms with Crippen LogP contribution >= 0.6 is 0 Å². The van der Waals surface area contributed by atoms with E-state index in [9.17, 15) is 24.3 Å². The van der Waals surface area contributed by atoms with E-state index in [1.54, 1.807) is 33.8 Å². The van der Waals surface area contributed by atoms with E-state index in [4.69, 9.17) is 19.9 Å². The molecule has 0 aliphatic rings. The molecule has 0 fully saturated rings. The Morgan fingerprint density at radius 2 is 1.44 bits per heavy atom. The van der Waals surface area contributed by atoms with E-state index in [1.165, 1.54) is 12.1 Å². The van der Waals surface area contributed by atoms with E-state index in [0.717, 1.165) is 12.8 Å². The highest BCUT2D eigenvalue weighted by Gasteiger charge is 2.37. The van der Waals surface area contributed by atoms with Crippen LogP contribution in [0.15, 0.2) is 18.2 Å². The largest absolute Gasteiger partial charge is 0.480 e. The first-order chi connectivity index (χ1) is 16.9. The van der Waals surface area contributed by atoms with Crippen molar-refractivity contribution >= 4 is 23.9 Å². The Labute approximate surface area is 213 Å². The van der Waals surface area contributed by atoms with Crippen LogP contribution < -0.4 is 15.2 Å². The van der Waals surface area contributed by atoms with Crippen LogP contribution in [-0.2, 0) is 30.3 Å². The average Bonchev–Trinajstić information content (AvgIpc) is 2.80. The molecule has 0 saturated heterocycles. The van der Waals surface area contributed by atoms with Crippen LogP contribution in [0.4, 0.5) is 0 Å². The minimum Gasteiger partial charge on any atom is -0.480 e. The van der Waals surface area contributed by atoms with Crippen molar-refractivity contribution in [3.8, 4) is 11.5 Å². The highest BCUT2D eigenvalue weighted by Crippen LogP contribution is 2.32. The fourth-order valence-electron chi connectivity index (χ4n) is 3.81. The van der Waals surface area contributed by atoms with Crippen molar-refractivity contribution in [1.82, 2.24) is 0 Å². The number of nitrogens with two attached hydrogens (primary N) is 1. The number of carbonyl (C=O) groups is 4. The molecule has 0 heterocycles. The molecule has 0 bridgehead atoms. The van der Waals surface area contributed by atoms with Crippen molar-refractivity contribution < 1.29 is 38.5 Å². The maximum Gasteiger partial charge on any atom is 0.324 e. The lowest BCUT2D eigenvalue weighted by molar-refractivity contribution is -0.153. The topological polar surface area (TPSA) is 142 Å². The number of esters is 3. The van der Waals surface area contributed by atoms with Crippen LogP contribution in [0.2, 0.25) is 0 Å². The molecule has 0 aliphatic carbocycles. The molecule has 9 nitrogen and oxygen atoms in total. The fraction of sp³-hybridized carbons (Fsp3) is 0.630. The van der Waals surface area contributed by atoms with Crippen molar-refractivity contribution in [2.24, 2.45) is 17.6 Å². The van der Waals surface area contributed by atoms with Crippen molar-refractivity contribution in [1.29, 1.82) is 0 Å². The summed E-state index contributed by atoms with van der Waals surface area (Å²) in [6, 6.07) is 4.52. The van der Waals surface area contributed by atoms with Gasteiger partial charge in [-0.15, -0.1) is 0 Å². The monoisotopic (exact) mass is 507 g/mol. The Kier molecular flexibility index (Phi) is 12.6. The first-order valence-corrected chi connectivity index (χ1v) is 12.6. The number of rotatable bonds is 15. The summed E-state index contributed by atoms with van der Waals surface area (Å²) in [5.74, 6) is -3.26. The SMILES string of the molecule is CCCC(C)C(=O)Oc1ccc(CC(N)(C[C@H](C)OC(=O)CC)C(=O)O)cc1OC(=O)C(C)CCC. The lowest BCUT2D eigenvalue weighted by Crippen LogP contribution is -2.52. The third-order valence-corrected chi connectivity index (χ3v) is 5.90. The molecule has 1 aromatic rings. The predicted octanol–water partition coefficient (Wildman–Crippen LogP) is 4.43. The van der Waals surface area contributed by atoms with Crippen LogP contribution in [-0.4, -0.2) is 40.6 Å². The summed E-state index contributed by atoms with van der Waals surface area (Å²) in [6.07, 6.45) is 2.07. The second-order valence-corrected chi connectivity index (χ2v) is 9.50. The van der Waals surface area contributed by atoms with Gasteiger partial charge in [-0.05, 0) is 37.5 Å². The molecule has 0 aliphatic heterocycles. The van der Waals surface area contributed by atoms with Gasteiger partial charge in [-0.2, -0.15) is 0 Å². The number of carboxylic acids is 1. The average molecular weight is 508 g/mol. The molecule has 202 valence electrons. The Hall–Kier alpha value is -2.94. The fourth-order valence-corrected chi connectivity index (χ4v) is 3.81. The molecule has 0 saturated carbocycles. The Bertz CT molecular complexity index is 915. The van der Waals surface area contributed by atoms with Crippen LogP contribution in [0.25, 0.3) is 0 Å². The molecule has 1 aromatic carbocycles. The van der Waals surface area contributed by atoms with Crippen molar-refractivity contribution in [3.63, 3.8) is 0 Å². The van der Waals surface area contributed by atoms with Gasteiger partial charge in [0.1, 0.15) is 11.6 Å². The number of hydrogen-bond donors (Lipinski definition) is 2. The predicted molar refractivity (Wildman–Crippen MR) is 135 cm³/mol. The number of hydrogen-bond acceptors (Lipinski definition) is 8. The van der Waals surface area contributed by atoms with Gasteiger partial charge in [-0.1, -0.05) is 53.5 Å². The van der Waals surface area contributed by atoms with Crippen molar-refractivity contribution in [2.75, 3.05) is 0 Å². The van der Waals surface area contributed by atoms with Gasteiger partial charge in [-0.3, -0.25) is 19.2 Å². The number of benzene rings is 1. The van der Waals surface area contributed by atoms with Gasteiger partial charge in [0.2, 0.25) is 0 Å². The van der Waals surface area contributed by atoms with Gasteiger partial charge in [0.05, 0.1) is 11.8 Å². The van der Waals surface area contributed by atoms with E-state index in [0.29, 0.717) is 18.4 Å². The number of ether oxygens (including phenoxy) is 3.